The van der Waals surface area contributed by atoms with Gasteiger partial charge in [0.15, 0.2) is 12.0 Å². The van der Waals surface area contributed by atoms with Gasteiger partial charge in [-0.05, 0) is 29.7 Å². The van der Waals surface area contributed by atoms with Crippen molar-refractivity contribution in [1.29, 1.82) is 0 Å². The van der Waals surface area contributed by atoms with Crippen molar-refractivity contribution in [1.82, 2.24) is 20.4 Å². The number of hydrogen-bond donors (Lipinski definition) is 3. The molecule has 1 aliphatic rings. The fourth-order valence-corrected chi connectivity index (χ4v) is 4.56. The van der Waals surface area contributed by atoms with E-state index >= 15 is 0 Å². The van der Waals surface area contributed by atoms with Gasteiger partial charge in [0.2, 0.25) is 11.8 Å². The number of anilines is 1. The molecule has 2 aromatic heterocycles. The maximum Gasteiger partial charge on any atom is 0.226 e. The highest BCUT2D eigenvalue weighted by molar-refractivity contribution is 5.91. The van der Waals surface area contributed by atoms with E-state index in [9.17, 15) is 9.59 Å². The molecule has 1 saturated heterocycles. The average Bonchev–Trinajstić information content (AvgIpc) is 3.58. The lowest BCUT2D eigenvalue weighted by atomic mass is 9.88. The van der Waals surface area contributed by atoms with Crippen LogP contribution in [0, 0.1) is 0 Å². The van der Waals surface area contributed by atoms with Crippen molar-refractivity contribution in [3.8, 4) is 11.5 Å². The van der Waals surface area contributed by atoms with E-state index in [1.165, 1.54) is 0 Å². The molecule has 36 heavy (non-hydrogen) atoms. The lowest BCUT2D eigenvalue weighted by Crippen LogP contribution is -2.53. The Morgan fingerprint density at radius 1 is 1.08 bits per heavy atom. The van der Waals surface area contributed by atoms with Crippen molar-refractivity contribution >= 4 is 17.6 Å². The van der Waals surface area contributed by atoms with E-state index in [4.69, 9.17) is 4.42 Å². The number of nitrogens with one attached hydrogen (secondary N) is 3. The van der Waals surface area contributed by atoms with Gasteiger partial charge in [0.05, 0.1) is 6.26 Å². The van der Waals surface area contributed by atoms with Gasteiger partial charge in [-0.3, -0.25) is 14.9 Å². The van der Waals surface area contributed by atoms with Gasteiger partial charge in [-0.2, -0.15) is 5.10 Å². The second kappa shape index (κ2) is 10.6. The summed E-state index contributed by atoms with van der Waals surface area (Å²) in [6.45, 7) is 2.03. The van der Waals surface area contributed by atoms with Crippen molar-refractivity contribution in [3.05, 3.63) is 96.3 Å². The molecule has 0 saturated carbocycles. The van der Waals surface area contributed by atoms with E-state index in [0.717, 1.165) is 17.5 Å². The molecule has 4 aromatic rings. The van der Waals surface area contributed by atoms with Crippen LogP contribution in [0.15, 0.2) is 89.5 Å². The first-order chi connectivity index (χ1) is 17.6. The monoisotopic (exact) mass is 483 g/mol. The smallest absolute Gasteiger partial charge is 0.226 e. The number of furan rings is 1. The maximum absolute atomic E-state index is 13.4. The van der Waals surface area contributed by atoms with E-state index in [-0.39, 0.29) is 30.2 Å². The van der Waals surface area contributed by atoms with Crippen LogP contribution in [0.3, 0.4) is 0 Å². The highest BCUT2D eigenvalue weighted by atomic mass is 16.3. The van der Waals surface area contributed by atoms with Crippen molar-refractivity contribution in [2.45, 2.75) is 44.4 Å². The molecule has 3 heterocycles. The molecule has 8 nitrogen and oxygen atoms in total. The van der Waals surface area contributed by atoms with Gasteiger partial charge < -0.3 is 15.1 Å². The third-order valence-electron chi connectivity index (χ3n) is 6.43. The van der Waals surface area contributed by atoms with Crippen molar-refractivity contribution in [2.75, 3.05) is 5.32 Å². The lowest BCUT2D eigenvalue weighted by molar-refractivity contribution is -0.125. The molecule has 2 amide bonds. The van der Waals surface area contributed by atoms with E-state index in [1.807, 2.05) is 67.6 Å². The molecular weight excluding hydrogens is 454 g/mol. The molecule has 8 heteroatoms. The fourth-order valence-electron chi connectivity index (χ4n) is 4.56. The summed E-state index contributed by atoms with van der Waals surface area (Å²) in [5, 5.41) is 14.0. The highest BCUT2D eigenvalue weighted by Gasteiger charge is 2.29. The molecule has 0 spiro atoms. The largest absolute Gasteiger partial charge is 0.463 e. The normalized spacial score (nSPS) is 17.7. The number of aromatic nitrogens is 2. The molecular formula is C28H29N5O3. The predicted octanol–water partition coefficient (Wildman–Crippen LogP) is 4.65. The molecule has 1 fully saturated rings. The highest BCUT2D eigenvalue weighted by Crippen LogP contribution is 2.30. The third-order valence-corrected chi connectivity index (χ3v) is 6.43. The standard InChI is InChI=1S/C28H29N5O3/c1-2-21-16-26(34)31-28(29-21)33-25(18-23(32-33)24-14-9-15-36-24)30-27(35)17-22(19-10-5-3-6-11-19)20-12-7-4-8-13-20/h3-15,18,21-22,28-29H,2,16-17H2,1H3,(H,30,35)(H,31,34). The number of benzene rings is 2. The molecule has 2 aromatic carbocycles. The number of rotatable bonds is 8. The summed E-state index contributed by atoms with van der Waals surface area (Å²) in [6.07, 6.45) is 2.43. The molecule has 5 rings (SSSR count). The Labute approximate surface area is 209 Å². The summed E-state index contributed by atoms with van der Waals surface area (Å²) >= 11 is 0. The molecule has 2 unspecified atom stereocenters. The Bertz CT molecular complexity index is 1260. The topological polar surface area (TPSA) is 101 Å². The zero-order chi connectivity index (χ0) is 24.9. The van der Waals surface area contributed by atoms with Crippen LogP contribution < -0.4 is 16.0 Å². The van der Waals surface area contributed by atoms with Gasteiger partial charge >= 0.3 is 0 Å². The quantitative estimate of drug-likeness (QED) is 0.339. The molecule has 0 bridgehead atoms. The minimum absolute atomic E-state index is 0.0177. The molecule has 184 valence electrons. The van der Waals surface area contributed by atoms with Gasteiger partial charge in [-0.1, -0.05) is 67.6 Å². The minimum atomic E-state index is -0.589. The molecule has 0 radical (unpaired) electrons. The van der Waals surface area contributed by atoms with Crippen LogP contribution in [0.1, 0.15) is 49.5 Å². The zero-order valence-electron chi connectivity index (χ0n) is 20.1. The van der Waals surface area contributed by atoms with E-state index in [1.54, 1.807) is 29.1 Å². The second-order valence-electron chi connectivity index (χ2n) is 8.91. The Kier molecular flexibility index (Phi) is 6.95. The third kappa shape index (κ3) is 5.23. The zero-order valence-corrected chi connectivity index (χ0v) is 20.1. The van der Waals surface area contributed by atoms with E-state index in [0.29, 0.717) is 23.7 Å². The summed E-state index contributed by atoms with van der Waals surface area (Å²) in [5.74, 6) is 0.719. The van der Waals surface area contributed by atoms with Gasteiger partial charge in [-0.25, -0.2) is 4.68 Å². The van der Waals surface area contributed by atoms with Crippen LogP contribution in [0.5, 0.6) is 0 Å². The summed E-state index contributed by atoms with van der Waals surface area (Å²) in [6, 6.07) is 25.4. The first-order valence-corrected chi connectivity index (χ1v) is 12.2. The predicted molar refractivity (Wildman–Crippen MR) is 137 cm³/mol. The fraction of sp³-hybridized carbons (Fsp3) is 0.250. The second-order valence-corrected chi connectivity index (χ2v) is 8.91. The van der Waals surface area contributed by atoms with Gasteiger partial charge in [0.1, 0.15) is 11.5 Å². The molecule has 3 N–H and O–H groups in total. The Morgan fingerprint density at radius 3 is 2.39 bits per heavy atom. The Hall–Kier alpha value is -4.17. The van der Waals surface area contributed by atoms with Gasteiger partial charge in [-0.15, -0.1) is 0 Å². The van der Waals surface area contributed by atoms with Crippen LogP contribution in [0.2, 0.25) is 0 Å². The molecule has 2 atom stereocenters. The summed E-state index contributed by atoms with van der Waals surface area (Å²) < 4.78 is 7.13. The van der Waals surface area contributed by atoms with Crippen molar-refractivity contribution in [2.24, 2.45) is 0 Å². The molecule has 0 aliphatic carbocycles. The first kappa shape index (κ1) is 23.6. The summed E-state index contributed by atoms with van der Waals surface area (Å²) in [7, 11) is 0. The molecule has 1 aliphatic heterocycles. The number of carbonyl (C=O) groups excluding carboxylic acids is 2. The van der Waals surface area contributed by atoms with Crippen LogP contribution in [-0.2, 0) is 9.59 Å². The van der Waals surface area contributed by atoms with Crippen molar-refractivity contribution in [3.63, 3.8) is 0 Å². The van der Waals surface area contributed by atoms with Crippen LogP contribution in [0.25, 0.3) is 11.5 Å². The number of nitrogens with zero attached hydrogens (tertiary/aromatic N) is 2. The van der Waals surface area contributed by atoms with Gasteiger partial charge in [0, 0.05) is 30.9 Å². The number of carbonyl (C=O) groups is 2. The SMILES string of the molecule is CCC1CC(=O)NC(n2nc(-c3ccco3)cc2NC(=O)CC(c2ccccc2)c2ccccc2)N1. The number of amides is 2. The van der Waals surface area contributed by atoms with Crippen LogP contribution >= 0.6 is 0 Å². The summed E-state index contributed by atoms with van der Waals surface area (Å²) in [4.78, 5) is 25.7. The van der Waals surface area contributed by atoms with E-state index in [2.05, 4.69) is 21.0 Å². The summed E-state index contributed by atoms with van der Waals surface area (Å²) in [5.41, 5.74) is 2.69. The number of hydrogen-bond acceptors (Lipinski definition) is 5. The Balaban J connectivity index is 1.43. The minimum Gasteiger partial charge on any atom is -0.463 e. The lowest BCUT2D eigenvalue weighted by Gasteiger charge is -2.31. The van der Waals surface area contributed by atoms with Crippen LogP contribution in [0.4, 0.5) is 5.82 Å². The van der Waals surface area contributed by atoms with Crippen LogP contribution in [-0.4, -0.2) is 27.6 Å². The Morgan fingerprint density at radius 2 is 1.78 bits per heavy atom. The van der Waals surface area contributed by atoms with Gasteiger partial charge in [0.25, 0.3) is 0 Å². The van der Waals surface area contributed by atoms with E-state index < -0.39 is 6.29 Å². The first-order valence-electron chi connectivity index (χ1n) is 12.2. The average molecular weight is 484 g/mol. The maximum atomic E-state index is 13.4. The van der Waals surface area contributed by atoms with Crippen molar-refractivity contribution < 1.29 is 14.0 Å².